The first-order valence-corrected chi connectivity index (χ1v) is 8.62. The molecular weight excluding hydrogens is 344 g/mol. The second-order valence-electron chi connectivity index (χ2n) is 6.00. The Balaban J connectivity index is 2.13. The normalized spacial score (nSPS) is 10.1. The zero-order chi connectivity index (χ0) is 19.8. The van der Waals surface area contributed by atoms with Crippen LogP contribution < -0.4 is 16.4 Å². The van der Waals surface area contributed by atoms with E-state index >= 15 is 0 Å². The molecule has 2 aromatic rings. The highest BCUT2D eigenvalue weighted by Crippen LogP contribution is 2.18. The highest BCUT2D eigenvalue weighted by atomic mass is 16.5. The number of hydrogen-bond donors (Lipinski definition) is 4. The minimum atomic E-state index is -0.388. The number of carbonyl (C=O) groups excluding carboxylic acids is 2. The number of nitrogens with one attached hydrogen (secondary N) is 3. The van der Waals surface area contributed by atoms with Crippen LogP contribution in [0.2, 0.25) is 0 Å². The van der Waals surface area contributed by atoms with Gasteiger partial charge in [-0.3, -0.25) is 15.0 Å². The van der Waals surface area contributed by atoms with Crippen molar-refractivity contribution < 1.29 is 14.3 Å². The molecule has 27 heavy (non-hydrogen) atoms. The summed E-state index contributed by atoms with van der Waals surface area (Å²) in [6.45, 7) is 4.20. The SMILES string of the molecule is CCOC(=O)CNc1cc(C(=N)N)ccc1CNC(=O)c1cccc(C)c1. The van der Waals surface area contributed by atoms with Gasteiger partial charge in [0.1, 0.15) is 12.4 Å². The van der Waals surface area contributed by atoms with E-state index in [1.54, 1.807) is 31.2 Å². The van der Waals surface area contributed by atoms with Crippen molar-refractivity contribution in [3.8, 4) is 0 Å². The minimum absolute atomic E-state index is 0.0198. The number of aryl methyl sites for hydroxylation is 1. The zero-order valence-corrected chi connectivity index (χ0v) is 15.5. The molecular formula is C20H24N4O3. The van der Waals surface area contributed by atoms with Gasteiger partial charge in [0, 0.05) is 23.4 Å². The fourth-order valence-electron chi connectivity index (χ4n) is 2.51. The lowest BCUT2D eigenvalue weighted by molar-refractivity contribution is -0.140. The van der Waals surface area contributed by atoms with Crippen molar-refractivity contribution in [1.29, 1.82) is 5.41 Å². The predicted octanol–water partition coefficient (Wildman–Crippen LogP) is 2.18. The standard InChI is InChI=1S/C20H24N4O3/c1-3-27-18(25)12-23-17-10-14(19(21)22)7-8-16(17)11-24-20(26)15-6-4-5-13(2)9-15/h4-10,23H,3,11-12H2,1-2H3,(H3,21,22)(H,24,26). The van der Waals surface area contributed by atoms with Crippen LogP contribution in [0.25, 0.3) is 0 Å². The number of ether oxygens (including phenoxy) is 1. The lowest BCUT2D eigenvalue weighted by atomic mass is 10.1. The Morgan fingerprint density at radius 1 is 1.15 bits per heavy atom. The van der Waals surface area contributed by atoms with E-state index in [0.29, 0.717) is 23.4 Å². The summed E-state index contributed by atoms with van der Waals surface area (Å²) in [6.07, 6.45) is 0. The first kappa shape index (κ1) is 20.0. The van der Waals surface area contributed by atoms with Crippen LogP contribution in [0.5, 0.6) is 0 Å². The second kappa shape index (κ2) is 9.38. The number of benzene rings is 2. The van der Waals surface area contributed by atoms with Crippen LogP contribution in [0.4, 0.5) is 5.69 Å². The van der Waals surface area contributed by atoms with E-state index in [1.165, 1.54) is 0 Å². The monoisotopic (exact) mass is 368 g/mol. The number of nitrogens with two attached hydrogens (primary N) is 1. The molecule has 7 nitrogen and oxygen atoms in total. The van der Waals surface area contributed by atoms with Gasteiger partial charge in [-0.2, -0.15) is 0 Å². The molecule has 2 rings (SSSR count). The smallest absolute Gasteiger partial charge is 0.325 e. The maximum atomic E-state index is 12.3. The van der Waals surface area contributed by atoms with Crippen molar-refractivity contribution in [1.82, 2.24) is 5.32 Å². The average molecular weight is 368 g/mol. The zero-order valence-electron chi connectivity index (χ0n) is 15.5. The topological polar surface area (TPSA) is 117 Å². The van der Waals surface area contributed by atoms with Crippen molar-refractivity contribution in [2.45, 2.75) is 20.4 Å². The summed E-state index contributed by atoms with van der Waals surface area (Å²) in [5.74, 6) is -0.657. The molecule has 1 amide bonds. The van der Waals surface area contributed by atoms with Gasteiger partial charge in [-0.1, -0.05) is 29.8 Å². The summed E-state index contributed by atoms with van der Waals surface area (Å²) in [7, 11) is 0. The van der Waals surface area contributed by atoms with E-state index < -0.39 is 0 Å². The van der Waals surface area contributed by atoms with Crippen LogP contribution in [0.1, 0.15) is 34.0 Å². The fourth-order valence-corrected chi connectivity index (χ4v) is 2.51. The molecule has 0 bridgehead atoms. The quantitative estimate of drug-likeness (QED) is 0.324. The third kappa shape index (κ3) is 5.85. The van der Waals surface area contributed by atoms with Gasteiger partial charge in [-0.15, -0.1) is 0 Å². The molecule has 142 valence electrons. The molecule has 5 N–H and O–H groups in total. The van der Waals surface area contributed by atoms with E-state index in [-0.39, 0.29) is 30.8 Å². The maximum Gasteiger partial charge on any atom is 0.325 e. The molecule has 0 heterocycles. The molecule has 0 saturated carbocycles. The summed E-state index contributed by atoms with van der Waals surface area (Å²) in [5, 5.41) is 13.4. The third-order valence-electron chi connectivity index (χ3n) is 3.87. The van der Waals surface area contributed by atoms with E-state index in [4.69, 9.17) is 15.9 Å². The van der Waals surface area contributed by atoms with E-state index in [1.807, 2.05) is 25.1 Å². The highest BCUT2D eigenvalue weighted by Gasteiger charge is 2.11. The Morgan fingerprint density at radius 2 is 1.93 bits per heavy atom. The van der Waals surface area contributed by atoms with Crippen molar-refractivity contribution in [3.05, 3.63) is 64.7 Å². The molecule has 0 spiro atoms. The van der Waals surface area contributed by atoms with Crippen molar-refractivity contribution in [2.75, 3.05) is 18.5 Å². The molecule has 7 heteroatoms. The number of nitrogen functional groups attached to an aromatic ring is 1. The van der Waals surface area contributed by atoms with Gasteiger partial charge in [0.15, 0.2) is 0 Å². The Morgan fingerprint density at radius 3 is 2.59 bits per heavy atom. The van der Waals surface area contributed by atoms with Gasteiger partial charge >= 0.3 is 5.97 Å². The van der Waals surface area contributed by atoms with Crippen LogP contribution in [0.15, 0.2) is 42.5 Å². The molecule has 0 radical (unpaired) electrons. The molecule has 2 aromatic carbocycles. The van der Waals surface area contributed by atoms with E-state index in [2.05, 4.69) is 10.6 Å². The first-order valence-electron chi connectivity index (χ1n) is 8.62. The van der Waals surface area contributed by atoms with E-state index in [9.17, 15) is 9.59 Å². The molecule has 0 aliphatic rings. The van der Waals surface area contributed by atoms with Crippen LogP contribution in [0, 0.1) is 12.3 Å². The first-order chi connectivity index (χ1) is 12.9. The molecule has 0 aromatic heterocycles. The second-order valence-corrected chi connectivity index (χ2v) is 6.00. The third-order valence-corrected chi connectivity index (χ3v) is 3.87. The number of esters is 1. The summed E-state index contributed by atoms with van der Waals surface area (Å²) in [6, 6.07) is 12.5. The molecule has 0 aliphatic carbocycles. The predicted molar refractivity (Wildman–Crippen MR) is 105 cm³/mol. The Kier molecular flexibility index (Phi) is 6.93. The number of amidine groups is 1. The Bertz CT molecular complexity index is 849. The summed E-state index contributed by atoms with van der Waals surface area (Å²) in [5.41, 5.74) is 9.03. The summed E-state index contributed by atoms with van der Waals surface area (Å²) >= 11 is 0. The van der Waals surface area contributed by atoms with Crippen molar-refractivity contribution in [2.24, 2.45) is 5.73 Å². The number of anilines is 1. The van der Waals surface area contributed by atoms with Gasteiger partial charge in [0.25, 0.3) is 5.91 Å². The van der Waals surface area contributed by atoms with Crippen LogP contribution in [-0.2, 0) is 16.1 Å². The number of amides is 1. The van der Waals surface area contributed by atoms with Gasteiger partial charge < -0.3 is 21.1 Å². The van der Waals surface area contributed by atoms with Crippen molar-refractivity contribution in [3.63, 3.8) is 0 Å². The van der Waals surface area contributed by atoms with E-state index in [0.717, 1.165) is 11.1 Å². The minimum Gasteiger partial charge on any atom is -0.465 e. The molecule has 0 fully saturated rings. The van der Waals surface area contributed by atoms with Crippen LogP contribution in [-0.4, -0.2) is 30.9 Å². The average Bonchev–Trinajstić information content (AvgIpc) is 2.64. The molecule has 0 unspecified atom stereocenters. The number of carbonyl (C=O) groups is 2. The van der Waals surface area contributed by atoms with Gasteiger partial charge in [-0.05, 0) is 37.6 Å². The number of hydrogen-bond acceptors (Lipinski definition) is 5. The Labute approximate surface area is 158 Å². The molecule has 0 atom stereocenters. The molecule has 0 aliphatic heterocycles. The highest BCUT2D eigenvalue weighted by molar-refractivity contribution is 5.96. The van der Waals surface area contributed by atoms with Crippen LogP contribution >= 0.6 is 0 Å². The van der Waals surface area contributed by atoms with Gasteiger partial charge in [0.2, 0.25) is 0 Å². The van der Waals surface area contributed by atoms with Crippen molar-refractivity contribution >= 4 is 23.4 Å². The van der Waals surface area contributed by atoms with Gasteiger partial charge in [-0.25, -0.2) is 0 Å². The summed E-state index contributed by atoms with van der Waals surface area (Å²) < 4.78 is 4.91. The van der Waals surface area contributed by atoms with Gasteiger partial charge in [0.05, 0.1) is 6.61 Å². The van der Waals surface area contributed by atoms with Crippen LogP contribution in [0.3, 0.4) is 0 Å². The lowest BCUT2D eigenvalue weighted by Crippen LogP contribution is -2.24. The Hall–Kier alpha value is -3.35. The summed E-state index contributed by atoms with van der Waals surface area (Å²) in [4.78, 5) is 24.0. The fraction of sp³-hybridized carbons (Fsp3) is 0.250. The maximum absolute atomic E-state index is 12.3. The lowest BCUT2D eigenvalue weighted by Gasteiger charge is -2.14. The number of rotatable bonds is 8. The largest absolute Gasteiger partial charge is 0.465 e. The molecule has 0 saturated heterocycles.